The highest BCUT2D eigenvalue weighted by molar-refractivity contribution is 7.14. The summed E-state index contributed by atoms with van der Waals surface area (Å²) in [6.07, 6.45) is 0. The van der Waals surface area contributed by atoms with Crippen LogP contribution in [0.1, 0.15) is 35.9 Å². The Kier molecular flexibility index (Phi) is 3.93. The van der Waals surface area contributed by atoms with Crippen molar-refractivity contribution in [3.05, 3.63) is 40.1 Å². The minimum atomic E-state index is -0.304. The number of pyridine rings is 1. The Morgan fingerprint density at radius 1 is 1.39 bits per heavy atom. The molecule has 0 bridgehead atoms. The van der Waals surface area contributed by atoms with Crippen molar-refractivity contribution in [1.82, 2.24) is 9.97 Å². The van der Waals surface area contributed by atoms with Gasteiger partial charge in [-0.05, 0) is 18.1 Å². The lowest BCUT2D eigenvalue weighted by Gasteiger charge is -2.01. The van der Waals surface area contributed by atoms with Gasteiger partial charge in [-0.25, -0.2) is 9.97 Å². The van der Waals surface area contributed by atoms with Gasteiger partial charge in [-0.15, -0.1) is 11.3 Å². The summed E-state index contributed by atoms with van der Waals surface area (Å²) >= 11 is 7.13. The number of thiazole rings is 1. The first-order chi connectivity index (χ1) is 8.56. The Morgan fingerprint density at radius 3 is 2.78 bits per heavy atom. The molecule has 2 heterocycles. The fourth-order valence-electron chi connectivity index (χ4n) is 1.30. The Morgan fingerprint density at radius 2 is 2.17 bits per heavy atom. The van der Waals surface area contributed by atoms with Crippen LogP contribution < -0.4 is 5.32 Å². The van der Waals surface area contributed by atoms with Crippen LogP contribution in [0.15, 0.2) is 23.6 Å². The van der Waals surface area contributed by atoms with Crippen LogP contribution in [-0.4, -0.2) is 15.9 Å². The third kappa shape index (κ3) is 3.05. The maximum atomic E-state index is 11.9. The number of anilines is 1. The van der Waals surface area contributed by atoms with Crippen LogP contribution in [-0.2, 0) is 0 Å². The Hall–Kier alpha value is -1.46. The van der Waals surface area contributed by atoms with Gasteiger partial charge in [-0.3, -0.25) is 10.1 Å². The number of nitrogens with zero attached hydrogens (tertiary/aromatic N) is 2. The highest BCUT2D eigenvalue weighted by Crippen LogP contribution is 2.21. The Labute approximate surface area is 114 Å². The van der Waals surface area contributed by atoms with Gasteiger partial charge < -0.3 is 0 Å². The molecule has 0 aliphatic heterocycles. The van der Waals surface area contributed by atoms with E-state index in [4.69, 9.17) is 11.6 Å². The summed E-state index contributed by atoms with van der Waals surface area (Å²) in [5.41, 5.74) is 1.25. The number of rotatable bonds is 3. The summed E-state index contributed by atoms with van der Waals surface area (Å²) in [6, 6.07) is 4.92. The third-order valence-corrected chi connectivity index (χ3v) is 3.27. The molecular formula is C12H12ClN3OS. The number of carbonyl (C=O) groups excluding carboxylic acids is 1. The average Bonchev–Trinajstić information content (AvgIpc) is 2.77. The van der Waals surface area contributed by atoms with E-state index in [9.17, 15) is 4.79 Å². The predicted octanol–water partition coefficient (Wildman–Crippen LogP) is 3.57. The van der Waals surface area contributed by atoms with Crippen molar-refractivity contribution >= 4 is 34.0 Å². The number of nitrogens with one attached hydrogen (secondary N) is 1. The van der Waals surface area contributed by atoms with Crippen LogP contribution in [0.2, 0.25) is 5.15 Å². The lowest BCUT2D eigenvalue weighted by molar-refractivity contribution is 0.102. The second-order valence-corrected chi connectivity index (χ2v) is 5.28. The number of hydrogen-bond donors (Lipinski definition) is 1. The molecule has 0 atom stereocenters. The summed E-state index contributed by atoms with van der Waals surface area (Å²) in [4.78, 5) is 20.1. The van der Waals surface area contributed by atoms with E-state index >= 15 is 0 Å². The van der Waals surface area contributed by atoms with Gasteiger partial charge in [-0.1, -0.05) is 31.5 Å². The minimum absolute atomic E-state index is 0.281. The van der Waals surface area contributed by atoms with Crippen LogP contribution in [0.5, 0.6) is 0 Å². The predicted molar refractivity (Wildman–Crippen MR) is 73.4 cm³/mol. The van der Waals surface area contributed by atoms with Crippen LogP contribution >= 0.6 is 22.9 Å². The Balaban J connectivity index is 2.11. The summed E-state index contributed by atoms with van der Waals surface area (Å²) in [5, 5.41) is 5.51. The topological polar surface area (TPSA) is 54.9 Å². The van der Waals surface area contributed by atoms with Gasteiger partial charge in [0.25, 0.3) is 5.91 Å². The first-order valence-electron chi connectivity index (χ1n) is 5.45. The number of hydrogen-bond acceptors (Lipinski definition) is 4. The molecule has 4 nitrogen and oxygen atoms in total. The number of aromatic nitrogens is 2. The van der Waals surface area contributed by atoms with Gasteiger partial charge >= 0.3 is 0 Å². The van der Waals surface area contributed by atoms with E-state index in [0.717, 1.165) is 5.69 Å². The molecule has 1 N–H and O–H groups in total. The standard InChI is InChI=1S/C12H12ClN3OS/c1-7(2)9-6-18-12(15-9)16-11(17)8-4-3-5-10(13)14-8/h3-7H,1-2H3,(H,15,16,17). The molecule has 0 fully saturated rings. The Bertz CT molecular complexity index is 568. The average molecular weight is 282 g/mol. The molecule has 0 aliphatic carbocycles. The van der Waals surface area contributed by atoms with Gasteiger partial charge in [0.05, 0.1) is 5.69 Å². The second kappa shape index (κ2) is 5.46. The number of halogens is 1. The van der Waals surface area contributed by atoms with Crippen molar-refractivity contribution in [1.29, 1.82) is 0 Å². The molecule has 18 heavy (non-hydrogen) atoms. The molecule has 0 saturated carbocycles. The molecule has 2 aromatic heterocycles. The zero-order valence-corrected chi connectivity index (χ0v) is 11.5. The van der Waals surface area contributed by atoms with Crippen molar-refractivity contribution in [2.75, 3.05) is 5.32 Å². The molecule has 94 valence electrons. The van der Waals surface area contributed by atoms with Crippen LogP contribution in [0.4, 0.5) is 5.13 Å². The van der Waals surface area contributed by atoms with Crippen LogP contribution in [0.3, 0.4) is 0 Å². The molecule has 0 spiro atoms. The van der Waals surface area contributed by atoms with E-state index in [0.29, 0.717) is 16.2 Å². The monoisotopic (exact) mass is 281 g/mol. The summed E-state index contributed by atoms with van der Waals surface area (Å²) in [6.45, 7) is 4.11. The smallest absolute Gasteiger partial charge is 0.276 e. The molecule has 0 aromatic carbocycles. The van der Waals surface area contributed by atoms with Gasteiger partial charge in [-0.2, -0.15) is 0 Å². The lowest BCUT2D eigenvalue weighted by atomic mass is 10.2. The lowest BCUT2D eigenvalue weighted by Crippen LogP contribution is -2.13. The van der Waals surface area contributed by atoms with Crippen molar-refractivity contribution in [2.24, 2.45) is 0 Å². The molecule has 0 saturated heterocycles. The van der Waals surface area contributed by atoms with E-state index < -0.39 is 0 Å². The van der Waals surface area contributed by atoms with E-state index in [-0.39, 0.29) is 11.6 Å². The van der Waals surface area contributed by atoms with Crippen molar-refractivity contribution in [2.45, 2.75) is 19.8 Å². The molecule has 6 heteroatoms. The molecular weight excluding hydrogens is 270 g/mol. The zero-order valence-electron chi connectivity index (χ0n) is 9.98. The van der Waals surface area contributed by atoms with E-state index in [1.54, 1.807) is 18.2 Å². The van der Waals surface area contributed by atoms with Gasteiger partial charge in [0.2, 0.25) is 0 Å². The summed E-state index contributed by atoms with van der Waals surface area (Å²) in [5.74, 6) is 0.0401. The SMILES string of the molecule is CC(C)c1csc(NC(=O)c2cccc(Cl)n2)n1. The van der Waals surface area contributed by atoms with Gasteiger partial charge in [0, 0.05) is 5.38 Å². The van der Waals surface area contributed by atoms with E-state index in [1.807, 2.05) is 5.38 Å². The highest BCUT2D eigenvalue weighted by Gasteiger charge is 2.11. The van der Waals surface area contributed by atoms with Crippen LogP contribution in [0.25, 0.3) is 0 Å². The molecule has 2 rings (SSSR count). The molecule has 0 unspecified atom stereocenters. The number of carbonyl (C=O) groups is 1. The first-order valence-corrected chi connectivity index (χ1v) is 6.71. The van der Waals surface area contributed by atoms with Crippen molar-refractivity contribution in [3.8, 4) is 0 Å². The zero-order chi connectivity index (χ0) is 13.1. The quantitative estimate of drug-likeness (QED) is 0.875. The van der Waals surface area contributed by atoms with Crippen LogP contribution in [0, 0.1) is 0 Å². The van der Waals surface area contributed by atoms with E-state index in [1.165, 1.54) is 11.3 Å². The maximum Gasteiger partial charge on any atom is 0.276 e. The van der Waals surface area contributed by atoms with Crippen molar-refractivity contribution in [3.63, 3.8) is 0 Å². The maximum absolute atomic E-state index is 11.9. The summed E-state index contributed by atoms with van der Waals surface area (Å²) in [7, 11) is 0. The molecule has 0 aliphatic rings. The molecule has 1 amide bonds. The first kappa shape index (κ1) is 13.0. The molecule has 2 aromatic rings. The fourth-order valence-corrected chi connectivity index (χ4v) is 2.34. The minimum Gasteiger partial charge on any atom is -0.296 e. The third-order valence-electron chi connectivity index (χ3n) is 2.28. The highest BCUT2D eigenvalue weighted by atomic mass is 35.5. The number of amides is 1. The van der Waals surface area contributed by atoms with Crippen molar-refractivity contribution < 1.29 is 4.79 Å². The fraction of sp³-hybridized carbons (Fsp3) is 0.250. The second-order valence-electron chi connectivity index (χ2n) is 4.03. The van der Waals surface area contributed by atoms with Gasteiger partial charge in [0.15, 0.2) is 5.13 Å². The normalized spacial score (nSPS) is 10.7. The summed E-state index contributed by atoms with van der Waals surface area (Å²) < 4.78 is 0. The largest absolute Gasteiger partial charge is 0.296 e. The van der Waals surface area contributed by atoms with Gasteiger partial charge in [0.1, 0.15) is 10.8 Å². The molecule has 0 radical (unpaired) electrons. The van der Waals surface area contributed by atoms with E-state index in [2.05, 4.69) is 29.1 Å².